The molecule has 2 aliphatic heterocycles. The molecular weight excluding hydrogens is 424 g/mol. The Morgan fingerprint density at radius 1 is 0.794 bits per heavy atom. The van der Waals surface area contributed by atoms with E-state index in [0.29, 0.717) is 22.7 Å². The molecule has 0 amide bonds. The number of para-hydroxylation sites is 1. The molecule has 168 valence electrons. The quantitative estimate of drug-likeness (QED) is 0.290. The van der Waals surface area contributed by atoms with Crippen molar-refractivity contribution in [1.29, 1.82) is 0 Å². The first-order valence-electron chi connectivity index (χ1n) is 11.5. The fourth-order valence-electron chi connectivity index (χ4n) is 5.09. The van der Waals surface area contributed by atoms with Gasteiger partial charge in [-0.3, -0.25) is 0 Å². The number of esters is 1. The van der Waals surface area contributed by atoms with Crippen LogP contribution in [-0.4, -0.2) is 12.5 Å². The fourth-order valence-corrected chi connectivity index (χ4v) is 5.09. The molecule has 2 aliphatic rings. The summed E-state index contributed by atoms with van der Waals surface area (Å²) in [6, 6.07) is 29.4. The van der Waals surface area contributed by atoms with E-state index in [0.717, 1.165) is 41.0 Å². The Hall–Kier alpha value is -4.25. The molecule has 34 heavy (non-hydrogen) atoms. The molecule has 2 heterocycles. The number of hydrogen-bond donors (Lipinski definition) is 1. The minimum absolute atomic E-state index is 0.349. The zero-order valence-electron chi connectivity index (χ0n) is 18.8. The molecule has 0 aliphatic carbocycles. The average Bonchev–Trinajstić information content (AvgIpc) is 3.16. The lowest BCUT2D eigenvalue weighted by molar-refractivity contribution is 0.0224. The highest BCUT2D eigenvalue weighted by Crippen LogP contribution is 2.57. The second kappa shape index (κ2) is 7.66. The van der Waals surface area contributed by atoms with Crippen LogP contribution in [0.15, 0.2) is 91.0 Å². The zero-order valence-corrected chi connectivity index (χ0v) is 18.8. The Kier molecular flexibility index (Phi) is 4.59. The number of carbonyl (C=O) groups excluding carboxylic acids is 1. The number of nitrogens with two attached hydrogens (primary N) is 1. The Labute approximate surface area is 198 Å². The lowest BCUT2D eigenvalue weighted by Crippen LogP contribution is -2.33. The van der Waals surface area contributed by atoms with E-state index in [9.17, 15) is 4.79 Å². The lowest BCUT2D eigenvalue weighted by atomic mass is 9.77. The molecule has 1 unspecified atom stereocenters. The van der Waals surface area contributed by atoms with Gasteiger partial charge in [-0.1, -0.05) is 43.3 Å². The number of nitrogen functional groups attached to an aromatic ring is 1. The normalized spacial score (nSPS) is 17.4. The molecule has 1 spiro atoms. The van der Waals surface area contributed by atoms with Gasteiger partial charge in [0.1, 0.15) is 11.5 Å². The summed E-state index contributed by atoms with van der Waals surface area (Å²) in [5.41, 5.74) is 10.7. The van der Waals surface area contributed by atoms with Gasteiger partial charge in [0, 0.05) is 46.4 Å². The van der Waals surface area contributed by atoms with Crippen molar-refractivity contribution in [2.45, 2.75) is 18.9 Å². The number of nitrogens with zero attached hydrogens (tertiary/aromatic N) is 1. The molecular formula is C29H24N2O3. The molecule has 4 aromatic rings. The summed E-state index contributed by atoms with van der Waals surface area (Å²) < 4.78 is 12.6. The van der Waals surface area contributed by atoms with E-state index in [-0.39, 0.29) is 5.97 Å². The van der Waals surface area contributed by atoms with E-state index >= 15 is 0 Å². The smallest absolute Gasteiger partial charge is 0.340 e. The van der Waals surface area contributed by atoms with Gasteiger partial charge in [-0.25, -0.2) is 4.79 Å². The maximum absolute atomic E-state index is 13.0. The van der Waals surface area contributed by atoms with Crippen LogP contribution in [0.5, 0.6) is 11.5 Å². The van der Waals surface area contributed by atoms with Gasteiger partial charge < -0.3 is 20.1 Å². The molecule has 0 fully saturated rings. The van der Waals surface area contributed by atoms with Crippen LogP contribution in [0.3, 0.4) is 0 Å². The average molecular weight is 449 g/mol. The molecule has 4 aromatic carbocycles. The third kappa shape index (κ3) is 2.90. The molecule has 0 saturated carbocycles. The van der Waals surface area contributed by atoms with Crippen LogP contribution < -0.4 is 15.4 Å². The van der Waals surface area contributed by atoms with Gasteiger partial charge in [0.25, 0.3) is 0 Å². The minimum Gasteiger partial charge on any atom is -0.456 e. The van der Waals surface area contributed by atoms with Gasteiger partial charge in [0.05, 0.1) is 5.56 Å². The van der Waals surface area contributed by atoms with Crippen LogP contribution in [0.2, 0.25) is 0 Å². The van der Waals surface area contributed by atoms with E-state index < -0.39 is 5.60 Å². The van der Waals surface area contributed by atoms with Crippen molar-refractivity contribution < 1.29 is 14.3 Å². The Bertz CT molecular complexity index is 1420. The minimum atomic E-state index is -1.10. The van der Waals surface area contributed by atoms with Gasteiger partial charge in [-0.05, 0) is 55.0 Å². The number of ether oxygens (including phenoxy) is 2. The van der Waals surface area contributed by atoms with Gasteiger partial charge in [0.2, 0.25) is 0 Å². The number of rotatable bonds is 4. The van der Waals surface area contributed by atoms with E-state index in [1.165, 1.54) is 0 Å². The monoisotopic (exact) mass is 448 g/mol. The standard InChI is InChI=1S/C29H24N2O3/c1-2-16-31(20-8-4-3-5-9-20)21-13-14-24-27(18-21)33-26-15-12-19(30)17-25(26)29(24)23-11-7-6-10-22(23)28(32)34-29/h3-15,17-18H,2,16,30H2,1H3. The number of carbonyl (C=O) groups is 1. The van der Waals surface area contributed by atoms with Crippen molar-refractivity contribution in [2.24, 2.45) is 0 Å². The van der Waals surface area contributed by atoms with Crippen molar-refractivity contribution in [1.82, 2.24) is 0 Å². The van der Waals surface area contributed by atoms with E-state index in [2.05, 4.69) is 30.0 Å². The van der Waals surface area contributed by atoms with Gasteiger partial charge in [-0.2, -0.15) is 0 Å². The summed E-state index contributed by atoms with van der Waals surface area (Å²) in [6.07, 6.45) is 0.990. The highest BCUT2D eigenvalue weighted by Gasteiger charge is 2.53. The number of hydrogen-bond acceptors (Lipinski definition) is 5. The molecule has 0 bridgehead atoms. The summed E-state index contributed by atoms with van der Waals surface area (Å²) in [6.45, 7) is 3.02. The molecule has 0 aromatic heterocycles. The fraction of sp³-hybridized carbons (Fsp3) is 0.138. The van der Waals surface area contributed by atoms with Crippen molar-refractivity contribution in [3.63, 3.8) is 0 Å². The lowest BCUT2D eigenvalue weighted by Gasteiger charge is -2.37. The Morgan fingerprint density at radius 2 is 1.59 bits per heavy atom. The molecule has 5 nitrogen and oxygen atoms in total. The Morgan fingerprint density at radius 3 is 2.41 bits per heavy atom. The highest BCUT2D eigenvalue weighted by molar-refractivity contribution is 5.97. The molecule has 2 N–H and O–H groups in total. The zero-order chi connectivity index (χ0) is 23.3. The number of fused-ring (bicyclic) bond motifs is 6. The number of benzene rings is 4. The van der Waals surface area contributed by atoms with Crippen LogP contribution >= 0.6 is 0 Å². The SMILES string of the molecule is CCCN(c1ccccc1)c1ccc2c(c1)Oc1ccc(N)cc1C21OC(=O)c2ccccc21. The molecule has 6 rings (SSSR count). The Balaban J connectivity index is 1.57. The van der Waals surface area contributed by atoms with Crippen molar-refractivity contribution >= 4 is 23.0 Å². The first-order chi connectivity index (χ1) is 16.6. The van der Waals surface area contributed by atoms with E-state index in [4.69, 9.17) is 15.2 Å². The van der Waals surface area contributed by atoms with Crippen LogP contribution in [0, 0.1) is 0 Å². The van der Waals surface area contributed by atoms with Crippen LogP contribution in [0.4, 0.5) is 17.1 Å². The summed E-state index contributed by atoms with van der Waals surface area (Å²) in [5.74, 6) is 0.944. The van der Waals surface area contributed by atoms with Crippen molar-refractivity contribution in [2.75, 3.05) is 17.2 Å². The largest absolute Gasteiger partial charge is 0.456 e. The van der Waals surface area contributed by atoms with E-state index in [1.54, 1.807) is 12.1 Å². The number of anilines is 3. The topological polar surface area (TPSA) is 64.8 Å². The van der Waals surface area contributed by atoms with Gasteiger partial charge >= 0.3 is 5.97 Å². The van der Waals surface area contributed by atoms with Gasteiger partial charge in [0.15, 0.2) is 5.60 Å². The van der Waals surface area contributed by atoms with Crippen molar-refractivity contribution in [3.05, 3.63) is 113 Å². The molecule has 1 atom stereocenters. The second-order valence-corrected chi connectivity index (χ2v) is 8.64. The second-order valence-electron chi connectivity index (χ2n) is 8.64. The molecule has 0 saturated heterocycles. The van der Waals surface area contributed by atoms with Crippen LogP contribution in [-0.2, 0) is 10.3 Å². The third-order valence-electron chi connectivity index (χ3n) is 6.55. The van der Waals surface area contributed by atoms with Crippen LogP contribution in [0.1, 0.15) is 40.4 Å². The third-order valence-corrected chi connectivity index (χ3v) is 6.55. The summed E-state index contributed by atoms with van der Waals surface area (Å²) in [5, 5.41) is 0. The molecule has 0 radical (unpaired) electrons. The molecule has 5 heteroatoms. The summed E-state index contributed by atoms with van der Waals surface area (Å²) in [4.78, 5) is 15.3. The highest BCUT2D eigenvalue weighted by atomic mass is 16.6. The first kappa shape index (κ1) is 20.4. The van der Waals surface area contributed by atoms with Crippen molar-refractivity contribution in [3.8, 4) is 11.5 Å². The summed E-state index contributed by atoms with van der Waals surface area (Å²) >= 11 is 0. The van der Waals surface area contributed by atoms with Gasteiger partial charge in [-0.15, -0.1) is 0 Å². The van der Waals surface area contributed by atoms with E-state index in [1.807, 2.05) is 60.7 Å². The summed E-state index contributed by atoms with van der Waals surface area (Å²) in [7, 11) is 0. The predicted molar refractivity (Wildman–Crippen MR) is 133 cm³/mol. The maximum atomic E-state index is 13.0. The van der Waals surface area contributed by atoms with Crippen LogP contribution in [0.25, 0.3) is 0 Å². The predicted octanol–water partition coefficient (Wildman–Crippen LogP) is 6.38. The first-order valence-corrected chi connectivity index (χ1v) is 11.5. The maximum Gasteiger partial charge on any atom is 0.340 e.